The van der Waals surface area contributed by atoms with Crippen molar-refractivity contribution in [2.75, 3.05) is 6.54 Å². The molecule has 0 aliphatic heterocycles. The molecule has 1 aliphatic rings. The van der Waals surface area contributed by atoms with Crippen LogP contribution in [0.5, 0.6) is 0 Å². The third kappa shape index (κ3) is 8.57. The molecular formula is C17H34N2O. The lowest BCUT2D eigenvalue weighted by Crippen LogP contribution is -2.42. The van der Waals surface area contributed by atoms with Crippen LogP contribution in [0.4, 0.5) is 0 Å². The molecule has 0 bridgehead atoms. The molecule has 0 aromatic carbocycles. The smallest absolute Gasteiger partial charge is 0.220 e. The molecule has 0 atom stereocenters. The van der Waals surface area contributed by atoms with Crippen LogP contribution in [0.25, 0.3) is 0 Å². The number of nitrogens with two attached hydrogens (primary N) is 1. The van der Waals surface area contributed by atoms with E-state index in [1.54, 1.807) is 0 Å². The summed E-state index contributed by atoms with van der Waals surface area (Å²) < 4.78 is 0. The topological polar surface area (TPSA) is 55.1 Å². The average Bonchev–Trinajstić information content (AvgIpc) is 2.40. The summed E-state index contributed by atoms with van der Waals surface area (Å²) in [5.41, 5.74) is 5.73. The number of carbonyl (C=O) groups is 1. The van der Waals surface area contributed by atoms with Crippen LogP contribution >= 0.6 is 0 Å². The van der Waals surface area contributed by atoms with Crippen molar-refractivity contribution < 1.29 is 4.79 Å². The molecular weight excluding hydrogens is 248 g/mol. The van der Waals surface area contributed by atoms with Gasteiger partial charge < -0.3 is 11.1 Å². The largest absolute Gasteiger partial charge is 0.356 e. The highest BCUT2D eigenvalue weighted by molar-refractivity contribution is 5.75. The van der Waals surface area contributed by atoms with Crippen LogP contribution in [-0.4, -0.2) is 18.5 Å². The molecule has 1 rings (SSSR count). The third-order valence-electron chi connectivity index (χ3n) is 4.37. The van der Waals surface area contributed by atoms with Crippen molar-refractivity contribution in [3.8, 4) is 0 Å². The van der Waals surface area contributed by atoms with Gasteiger partial charge in [-0.1, -0.05) is 58.3 Å². The van der Waals surface area contributed by atoms with Crippen molar-refractivity contribution in [2.24, 2.45) is 11.7 Å². The van der Waals surface area contributed by atoms with Gasteiger partial charge in [0.1, 0.15) is 0 Å². The van der Waals surface area contributed by atoms with Crippen molar-refractivity contribution in [2.45, 2.75) is 90.0 Å². The van der Waals surface area contributed by atoms with Gasteiger partial charge in [-0.15, -0.1) is 0 Å². The summed E-state index contributed by atoms with van der Waals surface area (Å²) in [5, 5.41) is 3.04. The Hall–Kier alpha value is -0.570. The molecule has 0 saturated heterocycles. The van der Waals surface area contributed by atoms with E-state index in [9.17, 15) is 4.79 Å². The summed E-state index contributed by atoms with van der Waals surface area (Å²) in [6.45, 7) is 3.09. The van der Waals surface area contributed by atoms with E-state index in [4.69, 9.17) is 5.73 Å². The normalized spacial score (nSPS) is 21.5. The van der Waals surface area contributed by atoms with Gasteiger partial charge in [0.2, 0.25) is 5.91 Å². The molecule has 0 radical (unpaired) electrons. The Labute approximate surface area is 125 Å². The van der Waals surface area contributed by atoms with Crippen LogP contribution in [-0.2, 0) is 4.79 Å². The number of hydrogen-bond donors (Lipinski definition) is 2. The van der Waals surface area contributed by atoms with Gasteiger partial charge in [-0.25, -0.2) is 0 Å². The molecule has 0 heterocycles. The Morgan fingerprint density at radius 1 is 1.00 bits per heavy atom. The molecule has 1 aliphatic carbocycles. The van der Waals surface area contributed by atoms with Crippen LogP contribution in [0.2, 0.25) is 0 Å². The number of unbranched alkanes of at least 4 members (excludes halogenated alkanes) is 8. The van der Waals surface area contributed by atoms with E-state index in [0.29, 0.717) is 18.4 Å². The summed E-state index contributed by atoms with van der Waals surface area (Å²) in [7, 11) is 0. The highest BCUT2D eigenvalue weighted by Gasteiger charge is 2.25. The Kier molecular flexibility index (Phi) is 9.73. The first kappa shape index (κ1) is 17.5. The van der Waals surface area contributed by atoms with E-state index in [-0.39, 0.29) is 5.91 Å². The van der Waals surface area contributed by atoms with E-state index in [2.05, 4.69) is 12.2 Å². The molecule has 3 N–H and O–H groups in total. The fraction of sp³-hybridized carbons (Fsp3) is 0.941. The molecule has 0 aromatic rings. The second kappa shape index (κ2) is 11.1. The maximum atomic E-state index is 11.6. The fourth-order valence-corrected chi connectivity index (χ4v) is 2.90. The van der Waals surface area contributed by atoms with Crippen LogP contribution < -0.4 is 11.1 Å². The van der Waals surface area contributed by atoms with Crippen LogP contribution in [0.1, 0.15) is 84.0 Å². The Morgan fingerprint density at radius 2 is 1.55 bits per heavy atom. The Morgan fingerprint density at radius 3 is 2.10 bits per heavy atom. The van der Waals surface area contributed by atoms with E-state index < -0.39 is 0 Å². The van der Waals surface area contributed by atoms with Gasteiger partial charge in [-0.05, 0) is 25.2 Å². The van der Waals surface area contributed by atoms with Gasteiger partial charge in [0.25, 0.3) is 0 Å². The highest BCUT2D eigenvalue weighted by Crippen LogP contribution is 2.24. The molecule has 0 unspecified atom stereocenters. The zero-order valence-electron chi connectivity index (χ0n) is 13.3. The van der Waals surface area contributed by atoms with Gasteiger partial charge >= 0.3 is 0 Å². The number of hydrogen-bond acceptors (Lipinski definition) is 2. The number of carbonyl (C=O) groups excluding carboxylic acids is 1. The van der Waals surface area contributed by atoms with E-state index in [1.807, 2.05) is 0 Å². The molecule has 118 valence electrons. The van der Waals surface area contributed by atoms with Crippen LogP contribution in [0.15, 0.2) is 0 Å². The van der Waals surface area contributed by atoms with Crippen molar-refractivity contribution in [1.29, 1.82) is 0 Å². The fourth-order valence-electron chi connectivity index (χ4n) is 2.90. The van der Waals surface area contributed by atoms with E-state index in [0.717, 1.165) is 25.8 Å². The average molecular weight is 282 g/mol. The molecule has 20 heavy (non-hydrogen) atoms. The second-order valence-corrected chi connectivity index (χ2v) is 6.48. The van der Waals surface area contributed by atoms with Gasteiger partial charge in [0.05, 0.1) is 0 Å². The van der Waals surface area contributed by atoms with Gasteiger partial charge in [0, 0.05) is 19.0 Å². The molecule has 3 heteroatoms. The first-order valence-corrected chi connectivity index (χ1v) is 8.74. The predicted molar refractivity (Wildman–Crippen MR) is 85.6 cm³/mol. The van der Waals surface area contributed by atoms with E-state index in [1.165, 1.54) is 51.4 Å². The number of nitrogens with one attached hydrogen (secondary N) is 1. The van der Waals surface area contributed by atoms with Crippen molar-refractivity contribution in [3.63, 3.8) is 0 Å². The standard InChI is InChI=1S/C17H34N2O/c1-2-3-4-5-6-7-8-9-10-11-17(20)19-14-15-12-16(18)13-15/h15-16H,2-14,18H2,1H3,(H,19,20). The molecule has 1 saturated carbocycles. The van der Waals surface area contributed by atoms with Crippen molar-refractivity contribution in [1.82, 2.24) is 5.32 Å². The number of amides is 1. The summed E-state index contributed by atoms with van der Waals surface area (Å²) in [4.78, 5) is 11.6. The maximum absolute atomic E-state index is 11.6. The van der Waals surface area contributed by atoms with Gasteiger partial charge in [0.15, 0.2) is 0 Å². The summed E-state index contributed by atoms with van der Waals surface area (Å²) in [5.74, 6) is 0.866. The Balaban J connectivity index is 1.77. The first-order chi connectivity index (χ1) is 9.72. The SMILES string of the molecule is CCCCCCCCCCCC(=O)NCC1CC(N)C1. The monoisotopic (exact) mass is 282 g/mol. The zero-order chi connectivity index (χ0) is 14.6. The molecule has 1 amide bonds. The second-order valence-electron chi connectivity index (χ2n) is 6.48. The highest BCUT2D eigenvalue weighted by atomic mass is 16.1. The summed E-state index contributed by atoms with van der Waals surface area (Å²) >= 11 is 0. The molecule has 1 fully saturated rings. The molecule has 3 nitrogen and oxygen atoms in total. The van der Waals surface area contributed by atoms with Crippen molar-refractivity contribution >= 4 is 5.91 Å². The number of rotatable bonds is 12. The first-order valence-electron chi connectivity index (χ1n) is 8.74. The van der Waals surface area contributed by atoms with Crippen molar-refractivity contribution in [3.05, 3.63) is 0 Å². The quantitative estimate of drug-likeness (QED) is 0.535. The van der Waals surface area contributed by atoms with E-state index >= 15 is 0 Å². The minimum atomic E-state index is 0.230. The minimum Gasteiger partial charge on any atom is -0.356 e. The molecule has 0 spiro atoms. The summed E-state index contributed by atoms with van der Waals surface area (Å²) in [6.07, 6.45) is 14.6. The van der Waals surface area contributed by atoms with Crippen LogP contribution in [0.3, 0.4) is 0 Å². The minimum absolute atomic E-state index is 0.230. The lowest BCUT2D eigenvalue weighted by atomic mass is 9.81. The predicted octanol–water partition coefficient (Wildman–Crippen LogP) is 3.76. The van der Waals surface area contributed by atoms with Gasteiger partial charge in [-0.2, -0.15) is 0 Å². The summed E-state index contributed by atoms with van der Waals surface area (Å²) in [6, 6.07) is 0.384. The van der Waals surface area contributed by atoms with Gasteiger partial charge in [-0.3, -0.25) is 4.79 Å². The Bertz CT molecular complexity index is 249. The third-order valence-corrected chi connectivity index (χ3v) is 4.37. The lowest BCUT2D eigenvalue weighted by Gasteiger charge is -2.32. The molecule has 0 aromatic heterocycles. The lowest BCUT2D eigenvalue weighted by molar-refractivity contribution is -0.121. The zero-order valence-corrected chi connectivity index (χ0v) is 13.3. The maximum Gasteiger partial charge on any atom is 0.220 e. The van der Waals surface area contributed by atoms with Crippen LogP contribution in [0, 0.1) is 5.92 Å².